The van der Waals surface area contributed by atoms with Crippen LogP contribution in [0.25, 0.3) is 11.1 Å². The molecule has 0 saturated heterocycles. The third-order valence-electron chi connectivity index (χ3n) is 3.00. The second-order valence-corrected chi connectivity index (χ2v) is 4.45. The molecule has 0 bridgehead atoms. The third kappa shape index (κ3) is 2.99. The molecule has 0 aliphatic carbocycles. The van der Waals surface area contributed by atoms with Gasteiger partial charge in [-0.3, -0.25) is 0 Å². The van der Waals surface area contributed by atoms with Crippen molar-refractivity contribution in [2.75, 3.05) is 0 Å². The molecule has 0 fully saturated rings. The first-order valence-electron chi connectivity index (χ1n) is 6.24. The van der Waals surface area contributed by atoms with Gasteiger partial charge in [-0.15, -0.1) is 0 Å². The molecule has 0 unspecified atom stereocenters. The van der Waals surface area contributed by atoms with Gasteiger partial charge in [-0.1, -0.05) is 43.7 Å². The summed E-state index contributed by atoms with van der Waals surface area (Å²) in [7, 11) is 0. The molecule has 2 aromatic rings. The molecule has 19 heavy (non-hydrogen) atoms. The van der Waals surface area contributed by atoms with Crippen molar-refractivity contribution in [3.63, 3.8) is 0 Å². The standard InChI is InChI=1S/C16H15FO2/c1-2-4-11-5-3-6-12(9-11)13-7-8-14(16(18)19)15(17)10-13/h3,5-10H,2,4H2,1H3,(H,18,19). The predicted molar refractivity (Wildman–Crippen MR) is 72.8 cm³/mol. The second-order valence-electron chi connectivity index (χ2n) is 4.45. The first-order valence-corrected chi connectivity index (χ1v) is 6.24. The van der Waals surface area contributed by atoms with Crippen molar-refractivity contribution < 1.29 is 14.3 Å². The van der Waals surface area contributed by atoms with E-state index in [9.17, 15) is 9.18 Å². The van der Waals surface area contributed by atoms with Crippen LogP contribution in [0.4, 0.5) is 4.39 Å². The molecule has 0 saturated carbocycles. The van der Waals surface area contributed by atoms with E-state index in [0.29, 0.717) is 5.56 Å². The lowest BCUT2D eigenvalue weighted by molar-refractivity contribution is 0.0692. The van der Waals surface area contributed by atoms with Crippen LogP contribution in [0, 0.1) is 5.82 Å². The van der Waals surface area contributed by atoms with E-state index in [1.54, 1.807) is 6.07 Å². The van der Waals surface area contributed by atoms with Gasteiger partial charge < -0.3 is 5.11 Å². The summed E-state index contributed by atoms with van der Waals surface area (Å²) in [6.07, 6.45) is 2.03. The van der Waals surface area contributed by atoms with Gasteiger partial charge in [0.1, 0.15) is 5.82 Å². The molecule has 3 heteroatoms. The molecule has 2 rings (SSSR count). The molecule has 0 spiro atoms. The number of hydrogen-bond acceptors (Lipinski definition) is 1. The van der Waals surface area contributed by atoms with Gasteiger partial charge in [0.2, 0.25) is 0 Å². The summed E-state index contributed by atoms with van der Waals surface area (Å²) in [4.78, 5) is 10.8. The van der Waals surface area contributed by atoms with E-state index in [1.165, 1.54) is 17.7 Å². The molecule has 0 heterocycles. The van der Waals surface area contributed by atoms with Crippen LogP contribution in [0.1, 0.15) is 29.3 Å². The van der Waals surface area contributed by atoms with E-state index in [4.69, 9.17) is 5.11 Å². The minimum Gasteiger partial charge on any atom is -0.478 e. The fraction of sp³-hybridized carbons (Fsp3) is 0.188. The number of carbonyl (C=O) groups is 1. The summed E-state index contributed by atoms with van der Waals surface area (Å²) in [5.74, 6) is -1.95. The van der Waals surface area contributed by atoms with Gasteiger partial charge in [-0.2, -0.15) is 0 Å². The van der Waals surface area contributed by atoms with Crippen molar-refractivity contribution in [1.29, 1.82) is 0 Å². The molecule has 0 aliphatic rings. The average molecular weight is 258 g/mol. The van der Waals surface area contributed by atoms with Crippen LogP contribution in [0.15, 0.2) is 42.5 Å². The van der Waals surface area contributed by atoms with E-state index >= 15 is 0 Å². The van der Waals surface area contributed by atoms with E-state index in [2.05, 4.69) is 6.92 Å². The number of carboxylic acid groups (broad SMARTS) is 1. The van der Waals surface area contributed by atoms with Crippen molar-refractivity contribution in [2.45, 2.75) is 19.8 Å². The van der Waals surface area contributed by atoms with E-state index in [-0.39, 0.29) is 5.56 Å². The minimum absolute atomic E-state index is 0.298. The highest BCUT2D eigenvalue weighted by Crippen LogP contribution is 2.23. The highest BCUT2D eigenvalue weighted by Gasteiger charge is 2.11. The molecule has 2 aromatic carbocycles. The molecular formula is C16H15FO2. The van der Waals surface area contributed by atoms with Crippen LogP contribution in [-0.2, 0) is 6.42 Å². The monoisotopic (exact) mass is 258 g/mol. The van der Waals surface area contributed by atoms with Gasteiger partial charge in [0.05, 0.1) is 5.56 Å². The summed E-state index contributed by atoms with van der Waals surface area (Å²) < 4.78 is 13.7. The molecule has 0 aromatic heterocycles. The lowest BCUT2D eigenvalue weighted by Gasteiger charge is -2.06. The lowest BCUT2D eigenvalue weighted by atomic mass is 10.00. The van der Waals surface area contributed by atoms with Crippen LogP contribution in [-0.4, -0.2) is 11.1 Å². The Labute approximate surface area is 111 Å². The fourth-order valence-electron chi connectivity index (χ4n) is 2.06. The molecule has 2 nitrogen and oxygen atoms in total. The number of aryl methyl sites for hydroxylation is 1. The van der Waals surface area contributed by atoms with Crippen LogP contribution in [0.5, 0.6) is 0 Å². The summed E-state index contributed by atoms with van der Waals surface area (Å²) >= 11 is 0. The summed E-state index contributed by atoms with van der Waals surface area (Å²) in [6, 6.07) is 12.1. The van der Waals surface area contributed by atoms with Crippen LogP contribution in [0.2, 0.25) is 0 Å². The predicted octanol–water partition coefficient (Wildman–Crippen LogP) is 4.14. The van der Waals surface area contributed by atoms with Gasteiger partial charge in [-0.05, 0) is 35.2 Å². The van der Waals surface area contributed by atoms with Crippen molar-refractivity contribution >= 4 is 5.97 Å². The molecule has 0 atom stereocenters. The van der Waals surface area contributed by atoms with Crippen LogP contribution < -0.4 is 0 Å². The third-order valence-corrected chi connectivity index (χ3v) is 3.00. The Kier molecular flexibility index (Phi) is 3.95. The molecule has 0 amide bonds. The molecule has 1 N–H and O–H groups in total. The quantitative estimate of drug-likeness (QED) is 0.894. The maximum atomic E-state index is 13.7. The smallest absolute Gasteiger partial charge is 0.338 e. The van der Waals surface area contributed by atoms with Crippen molar-refractivity contribution in [3.8, 4) is 11.1 Å². The zero-order chi connectivity index (χ0) is 13.8. The number of aromatic carboxylic acids is 1. The van der Waals surface area contributed by atoms with Gasteiger partial charge in [-0.25, -0.2) is 9.18 Å². The first kappa shape index (κ1) is 13.3. The van der Waals surface area contributed by atoms with Crippen molar-refractivity contribution in [1.82, 2.24) is 0 Å². The minimum atomic E-state index is -1.25. The van der Waals surface area contributed by atoms with Gasteiger partial charge in [0.15, 0.2) is 0 Å². The topological polar surface area (TPSA) is 37.3 Å². The van der Waals surface area contributed by atoms with Crippen LogP contribution >= 0.6 is 0 Å². The zero-order valence-electron chi connectivity index (χ0n) is 10.7. The Morgan fingerprint density at radius 3 is 2.53 bits per heavy atom. The second kappa shape index (κ2) is 5.65. The number of hydrogen-bond donors (Lipinski definition) is 1. The SMILES string of the molecule is CCCc1cccc(-c2ccc(C(=O)O)c(F)c2)c1. The fourth-order valence-corrected chi connectivity index (χ4v) is 2.06. The van der Waals surface area contributed by atoms with E-state index in [1.807, 2.05) is 24.3 Å². The molecule has 98 valence electrons. The van der Waals surface area contributed by atoms with Crippen molar-refractivity contribution in [3.05, 3.63) is 59.4 Å². The number of benzene rings is 2. The Bertz CT molecular complexity index is 605. The van der Waals surface area contributed by atoms with Crippen molar-refractivity contribution in [2.24, 2.45) is 0 Å². The highest BCUT2D eigenvalue weighted by molar-refractivity contribution is 5.88. The number of carboxylic acids is 1. The van der Waals surface area contributed by atoms with Gasteiger partial charge >= 0.3 is 5.97 Å². The zero-order valence-corrected chi connectivity index (χ0v) is 10.7. The average Bonchev–Trinajstić information content (AvgIpc) is 2.39. The Hall–Kier alpha value is -2.16. The highest BCUT2D eigenvalue weighted by atomic mass is 19.1. The normalized spacial score (nSPS) is 10.4. The Morgan fingerprint density at radius 1 is 1.16 bits per heavy atom. The summed E-state index contributed by atoms with van der Waals surface area (Å²) in [6.45, 7) is 2.11. The van der Waals surface area contributed by atoms with Crippen LogP contribution in [0.3, 0.4) is 0 Å². The van der Waals surface area contributed by atoms with Gasteiger partial charge in [0, 0.05) is 0 Å². The first-order chi connectivity index (χ1) is 9.11. The Morgan fingerprint density at radius 2 is 1.89 bits per heavy atom. The number of halogens is 1. The summed E-state index contributed by atoms with van der Waals surface area (Å²) in [5.41, 5.74) is 2.50. The number of rotatable bonds is 4. The largest absolute Gasteiger partial charge is 0.478 e. The van der Waals surface area contributed by atoms with E-state index in [0.717, 1.165) is 18.4 Å². The molecule has 0 radical (unpaired) electrons. The Balaban J connectivity index is 2.39. The molecular weight excluding hydrogens is 243 g/mol. The summed E-state index contributed by atoms with van der Waals surface area (Å²) in [5, 5.41) is 8.80. The maximum Gasteiger partial charge on any atom is 0.338 e. The maximum absolute atomic E-state index is 13.7. The van der Waals surface area contributed by atoms with E-state index < -0.39 is 11.8 Å². The molecule has 0 aliphatic heterocycles. The lowest BCUT2D eigenvalue weighted by Crippen LogP contribution is -2.00. The van der Waals surface area contributed by atoms with Gasteiger partial charge in [0.25, 0.3) is 0 Å².